The Kier molecular flexibility index (Phi) is 5.62. The smallest absolute Gasteiger partial charge is 0.262 e. The second-order valence-electron chi connectivity index (χ2n) is 7.23. The number of amides is 1. The monoisotopic (exact) mass is 420 g/mol. The van der Waals surface area contributed by atoms with Crippen molar-refractivity contribution >= 4 is 27.7 Å². The van der Waals surface area contributed by atoms with Crippen molar-refractivity contribution in [3.8, 4) is 11.5 Å². The predicted molar refractivity (Wildman–Crippen MR) is 119 cm³/mol. The van der Waals surface area contributed by atoms with Crippen LogP contribution in [0, 0.1) is 6.92 Å². The average Bonchev–Trinajstić information content (AvgIpc) is 3.19. The molecule has 2 aromatic carbocycles. The molecule has 4 rings (SSSR count). The number of carbonyl (C=O) groups is 1. The molecule has 0 saturated carbocycles. The molecule has 8 heteroatoms. The summed E-state index contributed by atoms with van der Waals surface area (Å²) in [7, 11) is 3.08. The Morgan fingerprint density at radius 3 is 2.68 bits per heavy atom. The topological polar surface area (TPSA) is 98.2 Å². The van der Waals surface area contributed by atoms with Crippen LogP contribution in [-0.4, -0.2) is 41.4 Å². The molecular formula is C23H24N4O4. The van der Waals surface area contributed by atoms with E-state index in [2.05, 4.69) is 15.5 Å². The van der Waals surface area contributed by atoms with Gasteiger partial charge in [-0.2, -0.15) is 5.10 Å². The molecule has 0 saturated heterocycles. The van der Waals surface area contributed by atoms with Crippen LogP contribution >= 0.6 is 0 Å². The van der Waals surface area contributed by atoms with E-state index in [0.29, 0.717) is 47.5 Å². The highest BCUT2D eigenvalue weighted by atomic mass is 16.5. The minimum atomic E-state index is -0.209. The van der Waals surface area contributed by atoms with E-state index in [4.69, 9.17) is 9.47 Å². The molecule has 0 aliphatic carbocycles. The fraction of sp³-hybridized carbons (Fsp3) is 0.261. The summed E-state index contributed by atoms with van der Waals surface area (Å²) >= 11 is 0. The Labute approximate surface area is 178 Å². The number of nitrogens with one attached hydrogen (secondary N) is 2. The Bertz CT molecular complexity index is 1320. The van der Waals surface area contributed by atoms with Crippen molar-refractivity contribution in [1.29, 1.82) is 0 Å². The van der Waals surface area contributed by atoms with E-state index in [0.717, 1.165) is 16.6 Å². The Morgan fingerprint density at radius 1 is 1.13 bits per heavy atom. The number of para-hydroxylation sites is 1. The molecule has 2 heterocycles. The van der Waals surface area contributed by atoms with Crippen molar-refractivity contribution in [1.82, 2.24) is 20.1 Å². The SMILES string of the molecule is COc1ccc(C(=O)NCCCn2c(=O)c3c(C)[nH]nc3c3ccccc32)cc1OC. The van der Waals surface area contributed by atoms with Gasteiger partial charge < -0.3 is 19.4 Å². The molecule has 4 aromatic rings. The van der Waals surface area contributed by atoms with Crippen LogP contribution in [0.25, 0.3) is 21.8 Å². The number of pyridine rings is 1. The molecule has 0 bridgehead atoms. The van der Waals surface area contributed by atoms with E-state index in [1.54, 1.807) is 29.9 Å². The van der Waals surface area contributed by atoms with Gasteiger partial charge >= 0.3 is 0 Å². The number of benzene rings is 2. The van der Waals surface area contributed by atoms with E-state index >= 15 is 0 Å². The second-order valence-corrected chi connectivity index (χ2v) is 7.23. The van der Waals surface area contributed by atoms with Gasteiger partial charge in [-0.3, -0.25) is 14.7 Å². The highest BCUT2D eigenvalue weighted by Gasteiger charge is 2.15. The van der Waals surface area contributed by atoms with Gasteiger partial charge in [0.1, 0.15) is 5.52 Å². The van der Waals surface area contributed by atoms with Gasteiger partial charge in [0.2, 0.25) is 0 Å². The molecule has 1 amide bonds. The molecule has 0 fully saturated rings. The van der Waals surface area contributed by atoms with E-state index in [1.807, 2.05) is 31.2 Å². The summed E-state index contributed by atoms with van der Waals surface area (Å²) in [5.74, 6) is 0.853. The summed E-state index contributed by atoms with van der Waals surface area (Å²) < 4.78 is 12.2. The number of methoxy groups -OCH3 is 2. The summed E-state index contributed by atoms with van der Waals surface area (Å²) in [6.45, 7) is 2.75. The lowest BCUT2D eigenvalue weighted by Crippen LogP contribution is -2.27. The number of hydrogen-bond donors (Lipinski definition) is 2. The lowest BCUT2D eigenvalue weighted by Gasteiger charge is -2.12. The van der Waals surface area contributed by atoms with Crippen LogP contribution in [0.3, 0.4) is 0 Å². The van der Waals surface area contributed by atoms with Crippen molar-refractivity contribution in [3.63, 3.8) is 0 Å². The maximum atomic E-state index is 13.1. The van der Waals surface area contributed by atoms with E-state index in [1.165, 1.54) is 7.11 Å². The van der Waals surface area contributed by atoms with Crippen LogP contribution in [0.5, 0.6) is 11.5 Å². The van der Waals surface area contributed by atoms with Crippen molar-refractivity contribution in [3.05, 3.63) is 64.1 Å². The van der Waals surface area contributed by atoms with Gasteiger partial charge in [0.25, 0.3) is 11.5 Å². The Morgan fingerprint density at radius 2 is 1.90 bits per heavy atom. The summed E-state index contributed by atoms with van der Waals surface area (Å²) in [6.07, 6.45) is 0.603. The summed E-state index contributed by atoms with van der Waals surface area (Å²) in [5.41, 5.74) is 2.68. The lowest BCUT2D eigenvalue weighted by molar-refractivity contribution is 0.0952. The van der Waals surface area contributed by atoms with E-state index < -0.39 is 0 Å². The first-order valence-corrected chi connectivity index (χ1v) is 10.0. The Balaban J connectivity index is 1.50. The number of nitrogens with zero attached hydrogens (tertiary/aromatic N) is 2. The maximum Gasteiger partial charge on any atom is 0.262 e. The van der Waals surface area contributed by atoms with Crippen molar-refractivity contribution in [2.75, 3.05) is 20.8 Å². The zero-order chi connectivity index (χ0) is 22.0. The zero-order valence-electron chi connectivity index (χ0n) is 17.7. The fourth-order valence-corrected chi connectivity index (χ4v) is 3.78. The fourth-order valence-electron chi connectivity index (χ4n) is 3.78. The van der Waals surface area contributed by atoms with Crippen LogP contribution in [0.4, 0.5) is 0 Å². The number of aromatic nitrogens is 3. The first-order valence-electron chi connectivity index (χ1n) is 10.0. The summed E-state index contributed by atoms with van der Waals surface area (Å²) in [4.78, 5) is 25.6. The average molecular weight is 420 g/mol. The number of aryl methyl sites for hydroxylation is 2. The minimum absolute atomic E-state index is 0.0776. The van der Waals surface area contributed by atoms with Crippen LogP contribution in [-0.2, 0) is 6.54 Å². The van der Waals surface area contributed by atoms with E-state index in [-0.39, 0.29) is 11.5 Å². The molecule has 0 spiro atoms. The third-order valence-corrected chi connectivity index (χ3v) is 5.35. The minimum Gasteiger partial charge on any atom is -0.493 e. The number of H-pyrrole nitrogens is 1. The van der Waals surface area contributed by atoms with Gasteiger partial charge in [-0.25, -0.2) is 0 Å². The quantitative estimate of drug-likeness (QED) is 0.448. The molecule has 2 N–H and O–H groups in total. The van der Waals surface area contributed by atoms with Gasteiger partial charge in [-0.1, -0.05) is 18.2 Å². The molecular weight excluding hydrogens is 396 g/mol. The number of fused-ring (bicyclic) bond motifs is 3. The molecule has 160 valence electrons. The summed E-state index contributed by atoms with van der Waals surface area (Å²) in [6, 6.07) is 12.7. The molecule has 0 atom stereocenters. The van der Waals surface area contributed by atoms with E-state index in [9.17, 15) is 9.59 Å². The van der Waals surface area contributed by atoms with Gasteiger partial charge in [0.05, 0.1) is 25.1 Å². The number of hydrogen-bond acceptors (Lipinski definition) is 5. The maximum absolute atomic E-state index is 13.1. The second kappa shape index (κ2) is 8.51. The van der Waals surface area contributed by atoms with Crippen molar-refractivity contribution in [2.24, 2.45) is 0 Å². The number of rotatable bonds is 7. The molecule has 0 aliphatic rings. The first kappa shape index (κ1) is 20.5. The van der Waals surface area contributed by atoms with Gasteiger partial charge in [-0.05, 0) is 37.6 Å². The normalized spacial score (nSPS) is 11.1. The predicted octanol–water partition coefficient (Wildman–Crippen LogP) is 3.02. The van der Waals surface area contributed by atoms with Gasteiger partial charge in [0, 0.05) is 29.7 Å². The largest absolute Gasteiger partial charge is 0.493 e. The third-order valence-electron chi connectivity index (χ3n) is 5.35. The van der Waals surface area contributed by atoms with Gasteiger partial charge in [-0.15, -0.1) is 0 Å². The molecule has 0 radical (unpaired) electrons. The van der Waals surface area contributed by atoms with Crippen LogP contribution in [0.15, 0.2) is 47.3 Å². The van der Waals surface area contributed by atoms with Crippen LogP contribution in [0.2, 0.25) is 0 Å². The number of carbonyl (C=O) groups excluding carboxylic acids is 1. The molecule has 0 aliphatic heterocycles. The van der Waals surface area contributed by atoms with Gasteiger partial charge in [0.15, 0.2) is 11.5 Å². The third kappa shape index (κ3) is 3.72. The number of ether oxygens (including phenoxy) is 2. The molecule has 31 heavy (non-hydrogen) atoms. The first-order chi connectivity index (χ1) is 15.0. The van der Waals surface area contributed by atoms with Crippen LogP contribution in [0.1, 0.15) is 22.5 Å². The lowest BCUT2D eigenvalue weighted by atomic mass is 10.1. The molecule has 0 unspecified atom stereocenters. The molecule has 8 nitrogen and oxygen atoms in total. The molecule has 2 aromatic heterocycles. The highest BCUT2D eigenvalue weighted by Crippen LogP contribution is 2.27. The number of aromatic amines is 1. The van der Waals surface area contributed by atoms with Crippen LogP contribution < -0.4 is 20.3 Å². The Hall–Kier alpha value is -3.81. The summed E-state index contributed by atoms with van der Waals surface area (Å²) in [5, 5.41) is 11.7. The highest BCUT2D eigenvalue weighted by molar-refractivity contribution is 6.03. The zero-order valence-corrected chi connectivity index (χ0v) is 17.7. The van der Waals surface area contributed by atoms with Crippen molar-refractivity contribution in [2.45, 2.75) is 19.9 Å². The standard InChI is InChI=1S/C23H24N4O4/c1-14-20-21(26-25-14)16-7-4-5-8-17(16)27(23(20)29)12-6-11-24-22(28)15-9-10-18(30-2)19(13-15)31-3/h4-5,7-10,13H,6,11-12H2,1-3H3,(H,24,28)(H,25,26). The van der Waals surface area contributed by atoms with Crippen molar-refractivity contribution < 1.29 is 14.3 Å².